The summed E-state index contributed by atoms with van der Waals surface area (Å²) in [6, 6.07) is 22.7. The Bertz CT molecular complexity index is 1000. The van der Waals surface area contributed by atoms with Crippen molar-refractivity contribution in [1.29, 1.82) is 0 Å². The number of nitrogens with zero attached hydrogens (tertiary/aromatic N) is 2. The van der Waals surface area contributed by atoms with E-state index in [1.807, 2.05) is 79.7 Å². The first-order valence-electron chi connectivity index (χ1n) is 9.52. The van der Waals surface area contributed by atoms with Gasteiger partial charge in [0.05, 0.1) is 13.3 Å². The first-order chi connectivity index (χ1) is 14.6. The molecule has 0 radical (unpaired) electrons. The van der Waals surface area contributed by atoms with Crippen molar-refractivity contribution in [3.05, 3.63) is 89.5 Å². The maximum Gasteiger partial charge on any atom is 0.271 e. The van der Waals surface area contributed by atoms with Crippen LogP contribution in [0.4, 0.5) is 5.69 Å². The molecule has 0 bridgehead atoms. The van der Waals surface area contributed by atoms with E-state index in [1.54, 1.807) is 25.5 Å². The van der Waals surface area contributed by atoms with E-state index < -0.39 is 0 Å². The molecule has 30 heavy (non-hydrogen) atoms. The van der Waals surface area contributed by atoms with Crippen LogP contribution in [0.2, 0.25) is 0 Å². The number of nitrogens with one attached hydrogen (secondary N) is 1. The van der Waals surface area contributed by atoms with Crippen LogP contribution in [-0.4, -0.2) is 33.3 Å². The third-order valence-electron chi connectivity index (χ3n) is 4.45. The molecule has 0 aliphatic heterocycles. The van der Waals surface area contributed by atoms with Gasteiger partial charge in [-0.05, 0) is 53.6 Å². The molecule has 3 aromatic rings. The second-order valence-corrected chi connectivity index (χ2v) is 6.82. The molecular formula is C24H25N3O3. The fourth-order valence-electron chi connectivity index (χ4n) is 2.76. The minimum Gasteiger partial charge on any atom is -0.493 e. The number of carbonyl (C=O) groups excluding carboxylic acids is 1. The highest BCUT2D eigenvalue weighted by Crippen LogP contribution is 2.28. The lowest BCUT2D eigenvalue weighted by Crippen LogP contribution is -2.18. The molecule has 0 aliphatic carbocycles. The number of methoxy groups -OCH3 is 1. The minimum absolute atomic E-state index is 0.272. The zero-order chi connectivity index (χ0) is 21.3. The van der Waals surface area contributed by atoms with Crippen LogP contribution < -0.4 is 19.8 Å². The topological polar surface area (TPSA) is 63.2 Å². The molecule has 0 saturated heterocycles. The van der Waals surface area contributed by atoms with Crippen molar-refractivity contribution >= 4 is 17.8 Å². The largest absolute Gasteiger partial charge is 0.493 e. The summed E-state index contributed by atoms with van der Waals surface area (Å²) < 4.78 is 11.3. The third-order valence-corrected chi connectivity index (χ3v) is 4.45. The van der Waals surface area contributed by atoms with E-state index >= 15 is 0 Å². The lowest BCUT2D eigenvalue weighted by atomic mass is 10.2. The maximum absolute atomic E-state index is 12.2. The van der Waals surface area contributed by atoms with Gasteiger partial charge in [0.2, 0.25) is 0 Å². The Morgan fingerprint density at radius 1 is 1.00 bits per heavy atom. The molecule has 154 valence electrons. The molecule has 0 heterocycles. The van der Waals surface area contributed by atoms with Gasteiger partial charge in [-0.1, -0.05) is 30.3 Å². The van der Waals surface area contributed by atoms with Gasteiger partial charge >= 0.3 is 0 Å². The van der Waals surface area contributed by atoms with Gasteiger partial charge in [-0.3, -0.25) is 4.79 Å². The molecule has 0 fully saturated rings. The normalized spacial score (nSPS) is 10.6. The number of hydrogen-bond donors (Lipinski definition) is 1. The van der Waals surface area contributed by atoms with Gasteiger partial charge in [0.1, 0.15) is 6.61 Å². The summed E-state index contributed by atoms with van der Waals surface area (Å²) in [5.74, 6) is 0.968. The smallest absolute Gasteiger partial charge is 0.271 e. The number of anilines is 1. The molecule has 3 aromatic carbocycles. The lowest BCUT2D eigenvalue weighted by Gasteiger charge is -2.12. The molecule has 6 nitrogen and oxygen atoms in total. The average molecular weight is 403 g/mol. The molecular weight excluding hydrogens is 378 g/mol. The standard InChI is InChI=1S/C24H25N3O3/c1-27(2)21-12-10-20(11-13-21)24(28)26-25-16-19-9-14-22(23(15-19)29-3)30-17-18-7-5-4-6-8-18/h4-16H,17H2,1-3H3,(H,26,28)/b25-16+. The summed E-state index contributed by atoms with van der Waals surface area (Å²) in [4.78, 5) is 14.2. The monoisotopic (exact) mass is 403 g/mol. The van der Waals surface area contributed by atoms with Gasteiger partial charge in [0, 0.05) is 25.3 Å². The van der Waals surface area contributed by atoms with Crippen molar-refractivity contribution < 1.29 is 14.3 Å². The van der Waals surface area contributed by atoms with Gasteiger partial charge in [-0.25, -0.2) is 5.43 Å². The summed E-state index contributed by atoms with van der Waals surface area (Å²) in [6.45, 7) is 0.452. The van der Waals surface area contributed by atoms with Crippen LogP contribution in [0.15, 0.2) is 77.9 Å². The second kappa shape index (κ2) is 10.1. The molecule has 0 unspecified atom stereocenters. The van der Waals surface area contributed by atoms with Crippen LogP contribution in [0.1, 0.15) is 21.5 Å². The second-order valence-electron chi connectivity index (χ2n) is 6.82. The summed E-state index contributed by atoms with van der Waals surface area (Å²) in [5.41, 5.74) is 5.96. The molecule has 0 spiro atoms. The van der Waals surface area contributed by atoms with Crippen molar-refractivity contribution in [2.45, 2.75) is 6.61 Å². The van der Waals surface area contributed by atoms with Gasteiger partial charge in [0.15, 0.2) is 11.5 Å². The molecule has 3 rings (SSSR count). The Hall–Kier alpha value is -3.80. The van der Waals surface area contributed by atoms with E-state index in [1.165, 1.54) is 0 Å². The summed E-state index contributed by atoms with van der Waals surface area (Å²) in [7, 11) is 5.49. The fraction of sp³-hybridized carbons (Fsp3) is 0.167. The van der Waals surface area contributed by atoms with Crippen LogP contribution in [0.5, 0.6) is 11.5 Å². The van der Waals surface area contributed by atoms with Crippen molar-refractivity contribution in [3.63, 3.8) is 0 Å². The zero-order valence-corrected chi connectivity index (χ0v) is 17.3. The summed E-state index contributed by atoms with van der Waals surface area (Å²) >= 11 is 0. The van der Waals surface area contributed by atoms with Crippen LogP contribution in [0.25, 0.3) is 0 Å². The molecule has 0 aliphatic rings. The quantitative estimate of drug-likeness (QED) is 0.454. The van der Waals surface area contributed by atoms with Gasteiger partial charge in [-0.2, -0.15) is 5.10 Å². The van der Waals surface area contributed by atoms with Crippen LogP contribution >= 0.6 is 0 Å². The Kier molecular flexibility index (Phi) is 7.05. The van der Waals surface area contributed by atoms with Crippen LogP contribution in [0, 0.1) is 0 Å². The predicted octanol–water partition coefficient (Wildman–Crippen LogP) is 4.10. The molecule has 6 heteroatoms. The molecule has 0 saturated carbocycles. The first kappa shape index (κ1) is 20.9. The van der Waals surface area contributed by atoms with Crippen molar-refractivity contribution in [2.75, 3.05) is 26.1 Å². The number of rotatable bonds is 8. The predicted molar refractivity (Wildman–Crippen MR) is 120 cm³/mol. The lowest BCUT2D eigenvalue weighted by molar-refractivity contribution is 0.0955. The number of benzene rings is 3. The molecule has 1 amide bonds. The molecule has 0 aromatic heterocycles. The number of hydrogen-bond acceptors (Lipinski definition) is 5. The average Bonchev–Trinajstić information content (AvgIpc) is 2.78. The van der Waals surface area contributed by atoms with E-state index in [-0.39, 0.29) is 5.91 Å². The van der Waals surface area contributed by atoms with E-state index in [0.29, 0.717) is 23.7 Å². The van der Waals surface area contributed by atoms with Crippen LogP contribution in [-0.2, 0) is 6.61 Å². The highest BCUT2D eigenvalue weighted by Gasteiger charge is 2.07. The maximum atomic E-state index is 12.2. The highest BCUT2D eigenvalue weighted by atomic mass is 16.5. The fourth-order valence-corrected chi connectivity index (χ4v) is 2.76. The number of amides is 1. The number of ether oxygens (including phenoxy) is 2. The summed E-state index contributed by atoms with van der Waals surface area (Å²) in [5, 5.41) is 4.04. The SMILES string of the molecule is COc1cc(/C=N/NC(=O)c2ccc(N(C)C)cc2)ccc1OCc1ccccc1. The Labute approximate surface area is 176 Å². The Balaban J connectivity index is 1.60. The van der Waals surface area contributed by atoms with E-state index in [0.717, 1.165) is 16.8 Å². The molecule has 1 N–H and O–H groups in total. The van der Waals surface area contributed by atoms with Gasteiger partial charge in [0.25, 0.3) is 5.91 Å². The number of hydrazone groups is 1. The Morgan fingerprint density at radius 3 is 2.40 bits per heavy atom. The minimum atomic E-state index is -0.272. The first-order valence-corrected chi connectivity index (χ1v) is 9.52. The van der Waals surface area contributed by atoms with Gasteiger partial charge < -0.3 is 14.4 Å². The number of carbonyl (C=O) groups is 1. The zero-order valence-electron chi connectivity index (χ0n) is 17.3. The van der Waals surface area contributed by atoms with E-state index in [9.17, 15) is 4.79 Å². The van der Waals surface area contributed by atoms with E-state index in [2.05, 4.69) is 10.5 Å². The Morgan fingerprint density at radius 2 is 1.73 bits per heavy atom. The summed E-state index contributed by atoms with van der Waals surface area (Å²) in [6.07, 6.45) is 1.57. The van der Waals surface area contributed by atoms with Crippen LogP contribution in [0.3, 0.4) is 0 Å². The van der Waals surface area contributed by atoms with Crippen molar-refractivity contribution in [1.82, 2.24) is 5.43 Å². The van der Waals surface area contributed by atoms with Crippen molar-refractivity contribution in [3.8, 4) is 11.5 Å². The third kappa shape index (κ3) is 5.61. The molecule has 0 atom stereocenters. The van der Waals surface area contributed by atoms with Crippen molar-refractivity contribution in [2.24, 2.45) is 5.10 Å². The highest BCUT2D eigenvalue weighted by molar-refractivity contribution is 5.95. The van der Waals surface area contributed by atoms with E-state index in [4.69, 9.17) is 9.47 Å². The van der Waals surface area contributed by atoms with Gasteiger partial charge in [-0.15, -0.1) is 0 Å².